The molecule has 1 aliphatic rings. The molecule has 3 rings (SSSR count). The second-order valence-corrected chi connectivity index (χ2v) is 8.28. The van der Waals surface area contributed by atoms with Crippen LogP contribution in [0.1, 0.15) is 44.7 Å². The Balaban J connectivity index is 1.86. The average Bonchev–Trinajstić information content (AvgIpc) is 2.72. The maximum absolute atomic E-state index is 13.5. The molecule has 0 fully saturated rings. The standard InChI is InChI=1S/C24H32N4O2/c1-27(2)15-7-13-25-19-11-5-9-17-21(19)24(30)22-18(23(17)29)10-6-12-20(22)26-14-8-16-28(3)4/h5-6,9-12,25-26H,7-8,13-16H2,1-4H3. The van der Waals surface area contributed by atoms with Crippen LogP contribution in [0.4, 0.5) is 11.4 Å². The Morgan fingerprint density at radius 1 is 0.667 bits per heavy atom. The molecule has 30 heavy (non-hydrogen) atoms. The Morgan fingerprint density at radius 2 is 1.10 bits per heavy atom. The summed E-state index contributed by atoms with van der Waals surface area (Å²) in [7, 11) is 8.15. The second kappa shape index (κ2) is 9.87. The van der Waals surface area contributed by atoms with Gasteiger partial charge in [-0.25, -0.2) is 0 Å². The fraction of sp³-hybridized carbons (Fsp3) is 0.417. The van der Waals surface area contributed by atoms with Gasteiger partial charge in [-0.2, -0.15) is 0 Å². The zero-order valence-electron chi connectivity index (χ0n) is 18.4. The van der Waals surface area contributed by atoms with Gasteiger partial charge in [0, 0.05) is 35.6 Å². The topological polar surface area (TPSA) is 64.7 Å². The first-order chi connectivity index (χ1) is 14.4. The first-order valence-electron chi connectivity index (χ1n) is 10.5. The van der Waals surface area contributed by atoms with Crippen molar-refractivity contribution in [1.82, 2.24) is 9.80 Å². The molecule has 0 amide bonds. The molecule has 0 aromatic heterocycles. The van der Waals surface area contributed by atoms with E-state index in [1.165, 1.54) is 0 Å². The molecule has 0 atom stereocenters. The lowest BCUT2D eigenvalue weighted by Gasteiger charge is -2.23. The van der Waals surface area contributed by atoms with E-state index in [1.807, 2.05) is 52.5 Å². The summed E-state index contributed by atoms with van der Waals surface area (Å²) in [5, 5.41) is 6.74. The smallest absolute Gasteiger partial charge is 0.198 e. The molecule has 2 N–H and O–H groups in total. The van der Waals surface area contributed by atoms with Gasteiger partial charge in [0.25, 0.3) is 0 Å². The molecule has 0 heterocycles. The van der Waals surface area contributed by atoms with E-state index >= 15 is 0 Å². The van der Waals surface area contributed by atoms with E-state index in [2.05, 4.69) is 20.4 Å². The van der Waals surface area contributed by atoms with Crippen molar-refractivity contribution in [3.63, 3.8) is 0 Å². The first-order valence-corrected chi connectivity index (χ1v) is 10.5. The van der Waals surface area contributed by atoms with E-state index in [0.717, 1.165) is 50.4 Å². The van der Waals surface area contributed by atoms with Gasteiger partial charge in [-0.15, -0.1) is 0 Å². The van der Waals surface area contributed by atoms with Crippen LogP contribution >= 0.6 is 0 Å². The van der Waals surface area contributed by atoms with Crippen LogP contribution in [0, 0.1) is 0 Å². The Hall–Kier alpha value is -2.70. The molecule has 6 heteroatoms. The molecule has 0 radical (unpaired) electrons. The van der Waals surface area contributed by atoms with Crippen LogP contribution in [-0.2, 0) is 0 Å². The summed E-state index contributed by atoms with van der Waals surface area (Å²) in [5.74, 6) is -0.181. The Morgan fingerprint density at radius 3 is 1.50 bits per heavy atom. The molecule has 0 aliphatic heterocycles. The zero-order chi connectivity index (χ0) is 21.7. The van der Waals surface area contributed by atoms with Crippen molar-refractivity contribution in [2.75, 3.05) is 65.0 Å². The normalized spacial score (nSPS) is 12.9. The minimum Gasteiger partial charge on any atom is -0.384 e. The minimum atomic E-state index is -0.0916. The molecule has 2 aromatic carbocycles. The van der Waals surface area contributed by atoms with Crippen molar-refractivity contribution < 1.29 is 9.59 Å². The largest absolute Gasteiger partial charge is 0.384 e. The molecule has 160 valence electrons. The zero-order valence-corrected chi connectivity index (χ0v) is 18.4. The summed E-state index contributed by atoms with van der Waals surface area (Å²) in [6, 6.07) is 11.0. The predicted octanol–water partition coefficient (Wildman–Crippen LogP) is 3.19. The van der Waals surface area contributed by atoms with Crippen molar-refractivity contribution in [1.29, 1.82) is 0 Å². The summed E-state index contributed by atoms with van der Waals surface area (Å²) < 4.78 is 0. The molecular formula is C24H32N4O2. The quantitative estimate of drug-likeness (QED) is 0.503. The van der Waals surface area contributed by atoms with Gasteiger partial charge >= 0.3 is 0 Å². The SMILES string of the molecule is CN(C)CCCNc1cccc2c1C(=O)c1c(NCCCN(C)C)cccc1C2=O. The number of nitrogens with one attached hydrogen (secondary N) is 2. The summed E-state index contributed by atoms with van der Waals surface area (Å²) in [4.78, 5) is 31.0. The Bertz CT molecular complexity index is 850. The third-order valence-corrected chi connectivity index (χ3v) is 5.27. The molecule has 0 spiro atoms. The summed E-state index contributed by atoms with van der Waals surface area (Å²) in [6.45, 7) is 3.40. The third-order valence-electron chi connectivity index (χ3n) is 5.27. The van der Waals surface area contributed by atoms with Crippen LogP contribution in [-0.4, -0.2) is 75.7 Å². The number of carbonyl (C=O) groups is 2. The lowest BCUT2D eigenvalue weighted by Crippen LogP contribution is -2.25. The van der Waals surface area contributed by atoms with Crippen molar-refractivity contribution in [2.45, 2.75) is 12.8 Å². The summed E-state index contributed by atoms with van der Waals surface area (Å²) in [6.07, 6.45) is 1.90. The Labute approximate surface area is 179 Å². The Kier molecular flexibility index (Phi) is 7.24. The van der Waals surface area contributed by atoms with Crippen molar-refractivity contribution >= 4 is 22.9 Å². The first kappa shape index (κ1) is 22.0. The molecule has 2 aromatic rings. The molecule has 0 bridgehead atoms. The maximum Gasteiger partial charge on any atom is 0.198 e. The molecular weight excluding hydrogens is 376 g/mol. The van der Waals surface area contributed by atoms with Gasteiger partial charge in [-0.3, -0.25) is 9.59 Å². The lowest BCUT2D eigenvalue weighted by molar-refractivity contribution is 0.0980. The molecule has 0 saturated heterocycles. The number of hydrogen-bond acceptors (Lipinski definition) is 6. The molecule has 1 aliphatic carbocycles. The minimum absolute atomic E-state index is 0.0894. The number of ketones is 2. The van der Waals surface area contributed by atoms with Crippen LogP contribution < -0.4 is 10.6 Å². The fourth-order valence-corrected chi connectivity index (χ4v) is 3.77. The van der Waals surface area contributed by atoms with Crippen LogP contribution in [0.5, 0.6) is 0 Å². The molecule has 0 saturated carbocycles. The fourth-order valence-electron chi connectivity index (χ4n) is 3.77. The molecule has 0 unspecified atom stereocenters. The summed E-state index contributed by atoms with van der Waals surface area (Å²) >= 11 is 0. The highest BCUT2D eigenvalue weighted by Gasteiger charge is 2.33. The third kappa shape index (κ3) is 4.89. The van der Waals surface area contributed by atoms with Gasteiger partial charge in [0.1, 0.15) is 0 Å². The van der Waals surface area contributed by atoms with Gasteiger partial charge in [0.2, 0.25) is 0 Å². The van der Waals surface area contributed by atoms with Gasteiger partial charge in [-0.1, -0.05) is 24.3 Å². The van der Waals surface area contributed by atoms with E-state index in [0.29, 0.717) is 22.3 Å². The van der Waals surface area contributed by atoms with Crippen molar-refractivity contribution in [2.24, 2.45) is 0 Å². The van der Waals surface area contributed by atoms with Gasteiger partial charge in [-0.05, 0) is 66.3 Å². The number of anilines is 2. The van der Waals surface area contributed by atoms with Gasteiger partial charge in [0.05, 0.1) is 11.1 Å². The van der Waals surface area contributed by atoms with E-state index in [1.54, 1.807) is 12.1 Å². The second-order valence-electron chi connectivity index (χ2n) is 8.28. The van der Waals surface area contributed by atoms with Crippen LogP contribution in [0.2, 0.25) is 0 Å². The predicted molar refractivity (Wildman–Crippen MR) is 123 cm³/mol. The average molecular weight is 409 g/mol. The van der Waals surface area contributed by atoms with Crippen molar-refractivity contribution in [3.05, 3.63) is 58.7 Å². The number of hydrogen-bond donors (Lipinski definition) is 2. The van der Waals surface area contributed by atoms with Gasteiger partial charge in [0.15, 0.2) is 11.6 Å². The van der Waals surface area contributed by atoms with Crippen LogP contribution in [0.3, 0.4) is 0 Å². The van der Waals surface area contributed by atoms with Crippen molar-refractivity contribution in [3.8, 4) is 0 Å². The molecule has 6 nitrogen and oxygen atoms in total. The number of fused-ring (bicyclic) bond motifs is 2. The van der Waals surface area contributed by atoms with E-state index in [9.17, 15) is 9.59 Å². The van der Waals surface area contributed by atoms with E-state index in [4.69, 9.17) is 0 Å². The number of benzene rings is 2. The highest BCUT2D eigenvalue weighted by molar-refractivity contribution is 6.31. The summed E-state index contributed by atoms with van der Waals surface area (Å²) in [5.41, 5.74) is 3.41. The monoisotopic (exact) mass is 408 g/mol. The maximum atomic E-state index is 13.5. The van der Waals surface area contributed by atoms with Gasteiger partial charge < -0.3 is 20.4 Å². The van der Waals surface area contributed by atoms with Crippen LogP contribution in [0.15, 0.2) is 36.4 Å². The number of rotatable bonds is 10. The van der Waals surface area contributed by atoms with Crippen LogP contribution in [0.25, 0.3) is 0 Å². The lowest BCUT2D eigenvalue weighted by atomic mass is 9.82. The highest BCUT2D eigenvalue weighted by atomic mass is 16.1. The number of nitrogens with zero attached hydrogens (tertiary/aromatic N) is 2. The van der Waals surface area contributed by atoms with E-state index in [-0.39, 0.29) is 11.6 Å². The number of carbonyl (C=O) groups excluding carboxylic acids is 2. The van der Waals surface area contributed by atoms with E-state index < -0.39 is 0 Å². The highest BCUT2D eigenvalue weighted by Crippen LogP contribution is 2.35.